The van der Waals surface area contributed by atoms with Gasteiger partial charge in [0.15, 0.2) is 0 Å². The van der Waals surface area contributed by atoms with Crippen LogP contribution in [0.3, 0.4) is 0 Å². The molecular weight excluding hydrogens is 276 g/mol. The summed E-state index contributed by atoms with van der Waals surface area (Å²) in [6, 6.07) is 0. The van der Waals surface area contributed by atoms with Gasteiger partial charge < -0.3 is 10.4 Å². The lowest BCUT2D eigenvalue weighted by molar-refractivity contribution is -0.149. The number of nitrogens with zero attached hydrogens (tertiary/aromatic N) is 1. The highest BCUT2D eigenvalue weighted by atomic mass is 32.1. The predicted molar refractivity (Wildman–Crippen MR) is 79.5 cm³/mol. The molecule has 20 heavy (non-hydrogen) atoms. The molecule has 0 aromatic carbocycles. The molecule has 5 nitrogen and oxygen atoms in total. The molecule has 1 aromatic rings. The van der Waals surface area contributed by atoms with Gasteiger partial charge in [-0.05, 0) is 25.8 Å². The van der Waals surface area contributed by atoms with Crippen molar-refractivity contribution in [1.29, 1.82) is 0 Å². The number of amides is 1. The minimum absolute atomic E-state index is 0.134. The van der Waals surface area contributed by atoms with Crippen LogP contribution in [0.25, 0.3) is 6.08 Å². The Hall–Kier alpha value is -1.69. The van der Waals surface area contributed by atoms with E-state index in [2.05, 4.69) is 10.3 Å². The maximum atomic E-state index is 11.7. The fourth-order valence-electron chi connectivity index (χ4n) is 1.81. The van der Waals surface area contributed by atoms with E-state index in [9.17, 15) is 14.7 Å². The van der Waals surface area contributed by atoms with E-state index in [1.54, 1.807) is 6.08 Å². The first-order valence-corrected chi connectivity index (χ1v) is 7.43. The van der Waals surface area contributed by atoms with Crippen molar-refractivity contribution in [1.82, 2.24) is 10.3 Å². The van der Waals surface area contributed by atoms with Crippen LogP contribution in [0.15, 0.2) is 11.5 Å². The molecule has 2 N–H and O–H groups in total. The smallest absolute Gasteiger partial charge is 0.311 e. The summed E-state index contributed by atoms with van der Waals surface area (Å²) >= 11 is 1.51. The van der Waals surface area contributed by atoms with Crippen molar-refractivity contribution in [3.63, 3.8) is 0 Å². The highest BCUT2D eigenvalue weighted by Gasteiger charge is 2.34. The molecule has 110 valence electrons. The average molecular weight is 296 g/mol. The Morgan fingerprint density at radius 3 is 2.55 bits per heavy atom. The number of rotatable bonds is 7. The van der Waals surface area contributed by atoms with Crippen LogP contribution < -0.4 is 5.32 Å². The minimum Gasteiger partial charge on any atom is -0.481 e. The van der Waals surface area contributed by atoms with Crippen LogP contribution in [-0.2, 0) is 9.59 Å². The minimum atomic E-state index is -0.888. The van der Waals surface area contributed by atoms with Crippen LogP contribution in [0, 0.1) is 12.3 Å². The summed E-state index contributed by atoms with van der Waals surface area (Å²) in [5.41, 5.74) is -0.154. The predicted octanol–water partition coefficient (Wildman–Crippen LogP) is 2.47. The van der Waals surface area contributed by atoms with Crippen LogP contribution in [0.2, 0.25) is 0 Å². The van der Waals surface area contributed by atoms with Gasteiger partial charge in [0.05, 0.1) is 16.1 Å². The van der Waals surface area contributed by atoms with E-state index < -0.39 is 11.4 Å². The van der Waals surface area contributed by atoms with Crippen molar-refractivity contribution in [2.45, 2.75) is 33.6 Å². The third kappa shape index (κ3) is 4.16. The highest BCUT2D eigenvalue weighted by molar-refractivity contribution is 7.09. The topological polar surface area (TPSA) is 79.3 Å². The quantitative estimate of drug-likeness (QED) is 0.758. The largest absolute Gasteiger partial charge is 0.481 e. The van der Waals surface area contributed by atoms with Gasteiger partial charge in [-0.3, -0.25) is 9.59 Å². The first kappa shape index (κ1) is 16.4. The summed E-state index contributed by atoms with van der Waals surface area (Å²) < 4.78 is 0. The van der Waals surface area contributed by atoms with Gasteiger partial charge in [0.2, 0.25) is 5.91 Å². The fraction of sp³-hybridized carbons (Fsp3) is 0.500. The first-order chi connectivity index (χ1) is 9.43. The molecular formula is C14H20N2O3S. The summed E-state index contributed by atoms with van der Waals surface area (Å²) in [5.74, 6) is -1.18. The molecule has 0 radical (unpaired) electrons. The number of thiazole rings is 1. The third-order valence-corrected chi connectivity index (χ3v) is 4.24. The number of carboxylic acids is 1. The molecule has 1 heterocycles. The first-order valence-electron chi connectivity index (χ1n) is 6.55. The van der Waals surface area contributed by atoms with Crippen molar-refractivity contribution in [3.8, 4) is 0 Å². The fourth-order valence-corrected chi connectivity index (χ4v) is 2.39. The van der Waals surface area contributed by atoms with E-state index >= 15 is 0 Å². The van der Waals surface area contributed by atoms with Gasteiger partial charge >= 0.3 is 5.97 Å². The van der Waals surface area contributed by atoms with Crippen molar-refractivity contribution < 1.29 is 14.7 Å². The molecule has 1 rings (SSSR count). The highest BCUT2D eigenvalue weighted by Crippen LogP contribution is 2.25. The Bertz CT molecular complexity index is 504. The zero-order valence-corrected chi connectivity index (χ0v) is 12.8. The maximum absolute atomic E-state index is 11.7. The van der Waals surface area contributed by atoms with E-state index in [1.165, 1.54) is 17.4 Å². The Balaban J connectivity index is 2.58. The molecule has 1 amide bonds. The Morgan fingerprint density at radius 2 is 2.10 bits per heavy atom. The number of carboxylic acid groups (broad SMARTS) is 1. The number of carbonyl (C=O) groups is 2. The van der Waals surface area contributed by atoms with Gasteiger partial charge in [-0.15, -0.1) is 11.3 Å². The van der Waals surface area contributed by atoms with Crippen LogP contribution >= 0.6 is 11.3 Å². The SMILES string of the molecule is CCC(CC)(CNC(=O)/C=C/c1csc(C)n1)C(=O)O. The lowest BCUT2D eigenvalue weighted by Crippen LogP contribution is -2.41. The second-order valence-electron chi connectivity index (χ2n) is 4.64. The summed E-state index contributed by atoms with van der Waals surface area (Å²) in [6.45, 7) is 5.66. The molecule has 0 aliphatic heterocycles. The molecule has 0 unspecified atom stereocenters. The number of hydrogen-bond donors (Lipinski definition) is 2. The molecule has 0 saturated heterocycles. The van der Waals surface area contributed by atoms with Crippen LogP contribution in [0.4, 0.5) is 0 Å². The summed E-state index contributed by atoms with van der Waals surface area (Å²) in [5, 5.41) is 14.7. The van der Waals surface area contributed by atoms with Crippen molar-refractivity contribution in [2.24, 2.45) is 5.41 Å². The van der Waals surface area contributed by atoms with Gasteiger partial charge in [0.1, 0.15) is 0 Å². The number of hydrogen-bond acceptors (Lipinski definition) is 4. The van der Waals surface area contributed by atoms with Crippen LogP contribution in [-0.4, -0.2) is 28.5 Å². The normalized spacial score (nSPS) is 11.8. The number of aryl methyl sites for hydroxylation is 1. The molecule has 0 saturated carbocycles. The number of carbonyl (C=O) groups excluding carboxylic acids is 1. The maximum Gasteiger partial charge on any atom is 0.311 e. The van der Waals surface area contributed by atoms with Gasteiger partial charge in [-0.25, -0.2) is 4.98 Å². The Morgan fingerprint density at radius 1 is 1.45 bits per heavy atom. The molecule has 0 fully saturated rings. The van der Waals surface area contributed by atoms with E-state index in [1.807, 2.05) is 26.2 Å². The summed E-state index contributed by atoms with van der Waals surface area (Å²) in [4.78, 5) is 27.2. The lowest BCUT2D eigenvalue weighted by Gasteiger charge is -2.26. The van der Waals surface area contributed by atoms with E-state index in [-0.39, 0.29) is 12.5 Å². The zero-order valence-electron chi connectivity index (χ0n) is 12.0. The zero-order chi connectivity index (χ0) is 15.2. The van der Waals surface area contributed by atoms with Gasteiger partial charge in [-0.1, -0.05) is 13.8 Å². The standard InChI is InChI=1S/C14H20N2O3S/c1-4-14(5-2,13(18)19)9-15-12(17)7-6-11-8-20-10(3)16-11/h6-8H,4-5,9H2,1-3H3,(H,15,17)(H,18,19)/b7-6+. The summed E-state index contributed by atoms with van der Waals surface area (Å²) in [7, 11) is 0. The van der Waals surface area contributed by atoms with E-state index in [0.29, 0.717) is 12.8 Å². The van der Waals surface area contributed by atoms with Crippen molar-refractivity contribution in [2.75, 3.05) is 6.54 Å². The van der Waals surface area contributed by atoms with Gasteiger partial charge in [0, 0.05) is 18.0 Å². The molecule has 0 atom stereocenters. The van der Waals surface area contributed by atoms with Crippen molar-refractivity contribution in [3.05, 3.63) is 22.2 Å². The molecule has 0 spiro atoms. The van der Waals surface area contributed by atoms with Crippen LogP contribution in [0.1, 0.15) is 37.4 Å². The number of aliphatic carboxylic acids is 1. The molecule has 1 aromatic heterocycles. The van der Waals surface area contributed by atoms with E-state index in [0.717, 1.165) is 10.7 Å². The average Bonchev–Trinajstić information content (AvgIpc) is 2.83. The third-order valence-electron chi connectivity index (χ3n) is 3.45. The second kappa shape index (κ2) is 7.19. The molecule has 0 aliphatic carbocycles. The number of nitrogens with one attached hydrogen (secondary N) is 1. The van der Waals surface area contributed by atoms with Crippen molar-refractivity contribution >= 4 is 29.3 Å². The summed E-state index contributed by atoms with van der Waals surface area (Å²) in [6.07, 6.45) is 3.97. The molecule has 6 heteroatoms. The van der Waals surface area contributed by atoms with E-state index in [4.69, 9.17) is 0 Å². The monoisotopic (exact) mass is 296 g/mol. The molecule has 0 bridgehead atoms. The second-order valence-corrected chi connectivity index (χ2v) is 5.70. The molecule has 0 aliphatic rings. The van der Waals surface area contributed by atoms with Crippen LogP contribution in [0.5, 0.6) is 0 Å². The Labute approximate surface area is 122 Å². The Kier molecular flexibility index (Phi) is 5.88. The van der Waals surface area contributed by atoms with Gasteiger partial charge in [0.25, 0.3) is 0 Å². The lowest BCUT2D eigenvalue weighted by atomic mass is 9.82. The van der Waals surface area contributed by atoms with Gasteiger partial charge in [-0.2, -0.15) is 0 Å². The number of aromatic nitrogens is 1.